The van der Waals surface area contributed by atoms with E-state index in [0.717, 1.165) is 0 Å². The van der Waals surface area contributed by atoms with Gasteiger partial charge in [0.25, 0.3) is 0 Å². The molecule has 1 saturated heterocycles. The van der Waals surface area contributed by atoms with E-state index >= 15 is 0 Å². The molecule has 2 N–H and O–H groups in total. The minimum Gasteiger partial charge on any atom is -0.366 e. The predicted molar refractivity (Wildman–Crippen MR) is 42.4 cm³/mol. The summed E-state index contributed by atoms with van der Waals surface area (Å²) < 4.78 is 10.6. The van der Waals surface area contributed by atoms with Crippen molar-refractivity contribution in [2.45, 2.75) is 44.9 Å². The highest BCUT2D eigenvalue weighted by Gasteiger charge is 2.35. The average Bonchev–Trinajstić information content (AvgIpc) is 2.05. The highest BCUT2D eigenvalue weighted by atomic mass is 16.7. The second-order valence-corrected chi connectivity index (χ2v) is 3.87. The smallest absolute Gasteiger partial charge is 0.163 e. The lowest BCUT2D eigenvalue weighted by Crippen LogP contribution is -2.31. The van der Waals surface area contributed by atoms with Crippen LogP contribution in [0.5, 0.6) is 0 Å². The van der Waals surface area contributed by atoms with Crippen LogP contribution < -0.4 is 0 Å². The van der Waals surface area contributed by atoms with Crippen LogP contribution in [0.3, 0.4) is 0 Å². The second-order valence-electron chi connectivity index (χ2n) is 3.87. The molecule has 1 atom stereocenters. The van der Waals surface area contributed by atoms with Gasteiger partial charge in [-0.05, 0) is 20.8 Å². The van der Waals surface area contributed by atoms with Gasteiger partial charge < -0.3 is 19.7 Å². The van der Waals surface area contributed by atoms with Crippen molar-refractivity contribution in [3.63, 3.8) is 0 Å². The van der Waals surface area contributed by atoms with Gasteiger partial charge in [-0.3, -0.25) is 0 Å². The largest absolute Gasteiger partial charge is 0.366 e. The summed E-state index contributed by atoms with van der Waals surface area (Å²) in [5.74, 6) is -2.26. The summed E-state index contributed by atoms with van der Waals surface area (Å²) in [5.41, 5.74) is 0. The molecule has 0 aliphatic carbocycles. The summed E-state index contributed by atoms with van der Waals surface area (Å²) >= 11 is 0. The number of aliphatic hydroxyl groups is 2. The van der Waals surface area contributed by atoms with Gasteiger partial charge in [-0.15, -0.1) is 0 Å². The van der Waals surface area contributed by atoms with E-state index in [1.165, 1.54) is 6.92 Å². The third kappa shape index (κ3) is 3.06. The number of rotatable bonds is 2. The van der Waals surface area contributed by atoms with Gasteiger partial charge >= 0.3 is 0 Å². The van der Waals surface area contributed by atoms with Crippen LogP contribution in [-0.4, -0.2) is 34.5 Å². The maximum absolute atomic E-state index is 9.07. The second kappa shape index (κ2) is 2.96. The Morgan fingerprint density at radius 2 is 2.08 bits per heavy atom. The summed E-state index contributed by atoms with van der Waals surface area (Å²) in [7, 11) is 0. The standard InChI is InChI=1S/C8H16O4/c1-7(2)11-5-6(12-7)4-8(3,9)10/h6,9-10H,4-5H2,1-3H3. The van der Waals surface area contributed by atoms with Crippen LogP contribution in [0, 0.1) is 0 Å². The summed E-state index contributed by atoms with van der Waals surface area (Å²) in [6, 6.07) is 0. The molecule has 0 saturated carbocycles. The molecule has 1 aliphatic heterocycles. The normalized spacial score (nSPS) is 29.2. The molecular formula is C8H16O4. The minimum absolute atomic E-state index is 0.177. The van der Waals surface area contributed by atoms with Gasteiger partial charge in [-0.1, -0.05) is 0 Å². The Morgan fingerprint density at radius 3 is 2.42 bits per heavy atom. The summed E-state index contributed by atoms with van der Waals surface area (Å²) in [4.78, 5) is 0. The van der Waals surface area contributed by atoms with Gasteiger partial charge in [-0.2, -0.15) is 0 Å². The lowest BCUT2D eigenvalue weighted by molar-refractivity contribution is -0.183. The molecule has 0 aromatic rings. The zero-order valence-electron chi connectivity index (χ0n) is 7.70. The molecule has 0 aromatic carbocycles. The van der Waals surface area contributed by atoms with Crippen molar-refractivity contribution in [1.29, 1.82) is 0 Å². The van der Waals surface area contributed by atoms with Crippen molar-refractivity contribution in [2.24, 2.45) is 0 Å². The lowest BCUT2D eigenvalue weighted by atomic mass is 10.1. The van der Waals surface area contributed by atoms with E-state index < -0.39 is 11.6 Å². The first kappa shape index (κ1) is 9.92. The number of ether oxygens (including phenoxy) is 2. The van der Waals surface area contributed by atoms with Crippen molar-refractivity contribution < 1.29 is 19.7 Å². The summed E-state index contributed by atoms with van der Waals surface area (Å²) in [5, 5.41) is 18.1. The summed E-state index contributed by atoms with van der Waals surface area (Å²) in [6.07, 6.45) is -0.0452. The van der Waals surface area contributed by atoms with E-state index in [1.54, 1.807) is 13.8 Å². The van der Waals surface area contributed by atoms with Crippen LogP contribution in [0.1, 0.15) is 27.2 Å². The Balaban J connectivity index is 2.39. The maximum atomic E-state index is 9.07. The van der Waals surface area contributed by atoms with Crippen LogP contribution in [-0.2, 0) is 9.47 Å². The Kier molecular flexibility index (Phi) is 2.45. The van der Waals surface area contributed by atoms with Crippen molar-refractivity contribution in [1.82, 2.24) is 0 Å². The molecule has 1 rings (SSSR count). The molecular weight excluding hydrogens is 160 g/mol. The van der Waals surface area contributed by atoms with Gasteiger partial charge in [0.1, 0.15) is 0 Å². The van der Waals surface area contributed by atoms with Crippen molar-refractivity contribution >= 4 is 0 Å². The van der Waals surface area contributed by atoms with E-state index in [1.807, 2.05) is 0 Å². The fourth-order valence-electron chi connectivity index (χ4n) is 1.29. The van der Waals surface area contributed by atoms with E-state index in [4.69, 9.17) is 19.7 Å². The fourth-order valence-corrected chi connectivity index (χ4v) is 1.29. The van der Waals surface area contributed by atoms with Gasteiger partial charge in [0.15, 0.2) is 11.6 Å². The highest BCUT2D eigenvalue weighted by molar-refractivity contribution is 4.74. The van der Waals surface area contributed by atoms with Crippen LogP contribution in [0.4, 0.5) is 0 Å². The topological polar surface area (TPSA) is 58.9 Å². The fraction of sp³-hybridized carbons (Fsp3) is 1.00. The SMILES string of the molecule is CC(O)(O)CC1COC(C)(C)O1. The van der Waals surface area contributed by atoms with Crippen molar-refractivity contribution in [3.05, 3.63) is 0 Å². The molecule has 72 valence electrons. The van der Waals surface area contributed by atoms with E-state index in [-0.39, 0.29) is 12.5 Å². The van der Waals surface area contributed by atoms with Gasteiger partial charge in [0.05, 0.1) is 12.7 Å². The zero-order chi connectivity index (χ0) is 9.41. The number of hydrogen-bond donors (Lipinski definition) is 2. The highest BCUT2D eigenvalue weighted by Crippen LogP contribution is 2.26. The minimum atomic E-state index is -1.67. The lowest BCUT2D eigenvalue weighted by Gasteiger charge is -2.21. The molecule has 1 heterocycles. The maximum Gasteiger partial charge on any atom is 0.163 e. The van der Waals surface area contributed by atoms with Gasteiger partial charge in [0.2, 0.25) is 0 Å². The molecule has 1 unspecified atom stereocenters. The molecule has 0 bridgehead atoms. The summed E-state index contributed by atoms with van der Waals surface area (Å²) in [6.45, 7) is 5.36. The van der Waals surface area contributed by atoms with Crippen LogP contribution in [0.2, 0.25) is 0 Å². The molecule has 1 aliphatic rings. The number of hydrogen-bond acceptors (Lipinski definition) is 4. The van der Waals surface area contributed by atoms with Crippen molar-refractivity contribution in [3.8, 4) is 0 Å². The van der Waals surface area contributed by atoms with E-state index in [2.05, 4.69) is 0 Å². The Hall–Kier alpha value is -0.160. The van der Waals surface area contributed by atoms with Crippen LogP contribution >= 0.6 is 0 Å². The first-order valence-electron chi connectivity index (χ1n) is 4.05. The Morgan fingerprint density at radius 1 is 1.50 bits per heavy atom. The van der Waals surface area contributed by atoms with Crippen LogP contribution in [0.25, 0.3) is 0 Å². The molecule has 12 heavy (non-hydrogen) atoms. The third-order valence-corrected chi connectivity index (χ3v) is 1.68. The predicted octanol–water partition coefficient (Wildman–Crippen LogP) is 0.229. The van der Waals surface area contributed by atoms with Crippen LogP contribution in [0.15, 0.2) is 0 Å². The molecule has 0 radical (unpaired) electrons. The Labute approximate surface area is 72.1 Å². The van der Waals surface area contributed by atoms with Gasteiger partial charge in [-0.25, -0.2) is 0 Å². The Bertz CT molecular complexity index is 159. The molecule has 4 nitrogen and oxygen atoms in total. The van der Waals surface area contributed by atoms with E-state index in [9.17, 15) is 0 Å². The molecule has 0 aromatic heterocycles. The molecule has 4 heteroatoms. The third-order valence-electron chi connectivity index (χ3n) is 1.68. The first-order chi connectivity index (χ1) is 5.29. The average molecular weight is 176 g/mol. The molecule has 1 fully saturated rings. The molecule has 0 spiro atoms. The monoisotopic (exact) mass is 176 g/mol. The molecule has 0 amide bonds. The van der Waals surface area contributed by atoms with E-state index in [0.29, 0.717) is 6.61 Å². The van der Waals surface area contributed by atoms with Gasteiger partial charge in [0, 0.05) is 6.42 Å². The first-order valence-corrected chi connectivity index (χ1v) is 4.05. The quantitative estimate of drug-likeness (QED) is 0.591. The van der Waals surface area contributed by atoms with Crippen molar-refractivity contribution in [2.75, 3.05) is 6.61 Å². The zero-order valence-corrected chi connectivity index (χ0v) is 7.70.